The maximum Gasteiger partial charge on any atom is 0.411 e. The van der Waals surface area contributed by atoms with E-state index in [9.17, 15) is 9.90 Å². The van der Waals surface area contributed by atoms with Crippen molar-refractivity contribution in [2.45, 2.75) is 71.6 Å². The zero-order valence-corrected chi connectivity index (χ0v) is 15.9. The molecule has 0 heterocycles. The summed E-state index contributed by atoms with van der Waals surface area (Å²) in [5, 5.41) is 12.5. The molecule has 0 spiro atoms. The Labute approximate surface area is 152 Å². The van der Waals surface area contributed by atoms with E-state index < -0.39 is 6.09 Å². The number of hydrogen-bond donors (Lipinski definition) is 2. The van der Waals surface area contributed by atoms with Gasteiger partial charge >= 0.3 is 6.09 Å². The van der Waals surface area contributed by atoms with E-state index in [2.05, 4.69) is 44.9 Å². The molecule has 0 unspecified atom stereocenters. The Morgan fingerprint density at radius 1 is 1.16 bits per heavy atom. The third kappa shape index (κ3) is 8.49. The van der Waals surface area contributed by atoms with Crippen molar-refractivity contribution in [1.29, 1.82) is 0 Å². The second-order valence-electron chi connectivity index (χ2n) is 7.16. The number of amides is 1. The van der Waals surface area contributed by atoms with Crippen LogP contribution in [0.25, 0.3) is 0 Å². The summed E-state index contributed by atoms with van der Waals surface area (Å²) in [6, 6.07) is 5.20. The van der Waals surface area contributed by atoms with Gasteiger partial charge in [-0.15, -0.1) is 5.92 Å². The van der Waals surface area contributed by atoms with E-state index in [0.29, 0.717) is 12.1 Å². The van der Waals surface area contributed by atoms with Gasteiger partial charge in [0.2, 0.25) is 0 Å². The highest BCUT2D eigenvalue weighted by molar-refractivity contribution is 5.86. The SMILES string of the molecule is CCCCCCC#CCCOC(=O)Nc1cc(C(C)(C)C)ccc1O. The first-order valence-electron chi connectivity index (χ1n) is 9.07. The second kappa shape index (κ2) is 10.7. The van der Waals surface area contributed by atoms with E-state index in [1.807, 2.05) is 6.07 Å². The molecule has 0 saturated carbocycles. The molecule has 4 nitrogen and oxygen atoms in total. The predicted molar refractivity (Wildman–Crippen MR) is 103 cm³/mol. The molecule has 0 aromatic heterocycles. The summed E-state index contributed by atoms with van der Waals surface area (Å²) in [5.41, 5.74) is 1.31. The van der Waals surface area contributed by atoms with Gasteiger partial charge in [0, 0.05) is 12.8 Å². The van der Waals surface area contributed by atoms with Crippen molar-refractivity contribution in [1.82, 2.24) is 0 Å². The number of anilines is 1. The summed E-state index contributed by atoms with van der Waals surface area (Å²) in [4.78, 5) is 11.8. The van der Waals surface area contributed by atoms with Crippen molar-refractivity contribution in [2.75, 3.05) is 11.9 Å². The van der Waals surface area contributed by atoms with Gasteiger partial charge < -0.3 is 9.84 Å². The average Bonchev–Trinajstić information content (AvgIpc) is 2.54. The number of unbranched alkanes of at least 4 members (excludes halogenated alkanes) is 4. The Morgan fingerprint density at radius 2 is 1.88 bits per heavy atom. The fraction of sp³-hybridized carbons (Fsp3) is 0.571. The molecule has 0 aliphatic carbocycles. The molecule has 0 bridgehead atoms. The number of nitrogens with one attached hydrogen (secondary N) is 1. The summed E-state index contributed by atoms with van der Waals surface area (Å²) >= 11 is 0. The summed E-state index contributed by atoms with van der Waals surface area (Å²) in [7, 11) is 0. The summed E-state index contributed by atoms with van der Waals surface area (Å²) < 4.78 is 5.11. The van der Waals surface area contributed by atoms with E-state index in [4.69, 9.17) is 4.74 Å². The number of phenolic OH excluding ortho intramolecular Hbond substituents is 1. The van der Waals surface area contributed by atoms with E-state index >= 15 is 0 Å². The molecule has 0 saturated heterocycles. The van der Waals surface area contributed by atoms with Gasteiger partial charge in [-0.25, -0.2) is 4.79 Å². The van der Waals surface area contributed by atoms with Gasteiger partial charge in [0.25, 0.3) is 0 Å². The van der Waals surface area contributed by atoms with Gasteiger partial charge in [-0.05, 0) is 29.5 Å². The van der Waals surface area contributed by atoms with Crippen LogP contribution >= 0.6 is 0 Å². The quantitative estimate of drug-likeness (QED) is 0.384. The number of rotatable bonds is 7. The molecule has 0 aliphatic rings. The summed E-state index contributed by atoms with van der Waals surface area (Å²) in [6.07, 6.45) is 5.69. The number of phenols is 1. The third-order valence-electron chi connectivity index (χ3n) is 3.84. The minimum Gasteiger partial charge on any atom is -0.506 e. The molecule has 0 atom stereocenters. The number of carbonyl (C=O) groups excluding carboxylic acids is 1. The summed E-state index contributed by atoms with van der Waals surface area (Å²) in [6.45, 7) is 8.65. The maximum absolute atomic E-state index is 11.8. The van der Waals surface area contributed by atoms with Gasteiger partial charge in [-0.2, -0.15) is 0 Å². The van der Waals surface area contributed by atoms with Crippen molar-refractivity contribution >= 4 is 11.8 Å². The largest absolute Gasteiger partial charge is 0.506 e. The van der Waals surface area contributed by atoms with Gasteiger partial charge in [0.05, 0.1) is 5.69 Å². The van der Waals surface area contributed by atoms with Crippen LogP contribution in [0.15, 0.2) is 18.2 Å². The Bertz CT molecular complexity index is 606. The molecule has 138 valence electrons. The molecule has 4 heteroatoms. The normalized spacial score (nSPS) is 10.7. The Balaban J connectivity index is 2.37. The number of aromatic hydroxyl groups is 1. The highest BCUT2D eigenvalue weighted by atomic mass is 16.5. The monoisotopic (exact) mass is 345 g/mol. The number of hydrogen-bond acceptors (Lipinski definition) is 3. The van der Waals surface area contributed by atoms with Gasteiger partial charge in [0.1, 0.15) is 12.4 Å². The van der Waals surface area contributed by atoms with E-state index in [1.165, 1.54) is 19.3 Å². The Kier molecular flexibility index (Phi) is 8.91. The van der Waals surface area contributed by atoms with Crippen LogP contribution < -0.4 is 5.32 Å². The number of benzene rings is 1. The van der Waals surface area contributed by atoms with Crippen LogP contribution in [0.5, 0.6) is 5.75 Å². The molecule has 25 heavy (non-hydrogen) atoms. The van der Waals surface area contributed by atoms with Crippen molar-refractivity contribution in [3.63, 3.8) is 0 Å². The zero-order chi connectivity index (χ0) is 18.7. The van der Waals surface area contributed by atoms with Crippen molar-refractivity contribution in [3.05, 3.63) is 23.8 Å². The topological polar surface area (TPSA) is 58.6 Å². The lowest BCUT2D eigenvalue weighted by molar-refractivity contribution is 0.164. The fourth-order valence-corrected chi connectivity index (χ4v) is 2.26. The van der Waals surface area contributed by atoms with Crippen LogP contribution in [0.2, 0.25) is 0 Å². The third-order valence-corrected chi connectivity index (χ3v) is 3.84. The van der Waals surface area contributed by atoms with Crippen LogP contribution in [-0.4, -0.2) is 17.8 Å². The highest BCUT2D eigenvalue weighted by Crippen LogP contribution is 2.30. The van der Waals surface area contributed by atoms with Crippen molar-refractivity contribution < 1.29 is 14.6 Å². The molecule has 1 amide bonds. The van der Waals surface area contributed by atoms with Gasteiger partial charge in [-0.1, -0.05) is 58.9 Å². The first kappa shape index (κ1) is 20.9. The first-order valence-corrected chi connectivity index (χ1v) is 9.07. The number of ether oxygens (including phenoxy) is 1. The van der Waals surface area contributed by atoms with Crippen LogP contribution in [0.1, 0.15) is 71.8 Å². The van der Waals surface area contributed by atoms with E-state index in [-0.39, 0.29) is 17.8 Å². The predicted octanol–water partition coefficient (Wildman–Crippen LogP) is 5.60. The molecule has 0 aliphatic heterocycles. The molecule has 1 rings (SSSR count). The van der Waals surface area contributed by atoms with Crippen LogP contribution in [0, 0.1) is 11.8 Å². The molecule has 1 aromatic carbocycles. The molecule has 0 fully saturated rings. The highest BCUT2D eigenvalue weighted by Gasteiger charge is 2.16. The van der Waals surface area contributed by atoms with Crippen molar-refractivity contribution in [2.24, 2.45) is 0 Å². The van der Waals surface area contributed by atoms with Crippen LogP contribution in [0.4, 0.5) is 10.5 Å². The Morgan fingerprint density at radius 3 is 2.56 bits per heavy atom. The molecule has 1 aromatic rings. The van der Waals surface area contributed by atoms with E-state index in [0.717, 1.165) is 18.4 Å². The lowest BCUT2D eigenvalue weighted by Crippen LogP contribution is -2.16. The minimum atomic E-state index is -0.578. The first-order chi connectivity index (χ1) is 11.8. The fourth-order valence-electron chi connectivity index (χ4n) is 2.26. The summed E-state index contributed by atoms with van der Waals surface area (Å²) in [5.74, 6) is 6.14. The standard InChI is InChI=1S/C21H31NO3/c1-5-6-7-8-9-10-11-12-15-25-20(24)22-18-16-17(21(2,3)4)13-14-19(18)23/h13-14,16,23H,5-9,12,15H2,1-4H3,(H,22,24). The average molecular weight is 345 g/mol. The van der Waals surface area contributed by atoms with Gasteiger partial charge in [-0.3, -0.25) is 5.32 Å². The smallest absolute Gasteiger partial charge is 0.411 e. The maximum atomic E-state index is 11.8. The van der Waals surface area contributed by atoms with Crippen LogP contribution in [0.3, 0.4) is 0 Å². The minimum absolute atomic E-state index is 0.0248. The Hall–Kier alpha value is -2.15. The van der Waals surface area contributed by atoms with Crippen molar-refractivity contribution in [3.8, 4) is 17.6 Å². The molecular formula is C21H31NO3. The van der Waals surface area contributed by atoms with E-state index in [1.54, 1.807) is 12.1 Å². The van der Waals surface area contributed by atoms with Gasteiger partial charge in [0.15, 0.2) is 0 Å². The lowest BCUT2D eigenvalue weighted by atomic mass is 9.87. The number of carbonyl (C=O) groups is 1. The molecular weight excluding hydrogens is 314 g/mol. The molecule has 2 N–H and O–H groups in total. The lowest BCUT2D eigenvalue weighted by Gasteiger charge is -2.20. The van der Waals surface area contributed by atoms with Crippen LogP contribution in [-0.2, 0) is 10.2 Å². The second-order valence-corrected chi connectivity index (χ2v) is 7.16. The zero-order valence-electron chi connectivity index (χ0n) is 15.9. The molecule has 0 radical (unpaired) electrons.